The number of nitrogens with one attached hydrogen (secondary N) is 2. The number of morpholine rings is 1. The Hall–Kier alpha value is -0.0800. The Balaban J connectivity index is 0.00000264. The number of nitrogens with zero attached hydrogens (tertiary/aromatic N) is 2. The highest BCUT2D eigenvalue weighted by atomic mass is 127. The third-order valence-electron chi connectivity index (χ3n) is 4.88. The lowest BCUT2D eigenvalue weighted by Crippen LogP contribution is -2.56. The summed E-state index contributed by atoms with van der Waals surface area (Å²) < 4.78 is 5.55. The van der Waals surface area contributed by atoms with Crippen molar-refractivity contribution < 1.29 is 4.74 Å². The molecule has 0 spiro atoms. The Morgan fingerprint density at radius 3 is 2.39 bits per heavy atom. The molecule has 0 amide bonds. The maximum absolute atomic E-state index is 5.55. The normalized spacial score (nSPS) is 22.3. The molecule has 2 fully saturated rings. The monoisotopic (exact) mass is 438 g/mol. The molecule has 0 bridgehead atoms. The summed E-state index contributed by atoms with van der Waals surface area (Å²) in [6.07, 6.45) is 7.74. The molecule has 2 rings (SSSR count). The molecule has 6 heteroatoms. The van der Waals surface area contributed by atoms with E-state index in [1.165, 1.54) is 32.1 Å². The van der Waals surface area contributed by atoms with Crippen LogP contribution >= 0.6 is 24.0 Å². The van der Waals surface area contributed by atoms with Gasteiger partial charge in [0.2, 0.25) is 0 Å². The van der Waals surface area contributed by atoms with Gasteiger partial charge in [-0.25, -0.2) is 0 Å². The molecule has 0 unspecified atom stereocenters. The largest absolute Gasteiger partial charge is 0.379 e. The lowest BCUT2D eigenvalue weighted by molar-refractivity contribution is -0.0333. The fourth-order valence-electron chi connectivity index (χ4n) is 3.63. The first-order valence-electron chi connectivity index (χ1n) is 9.16. The highest BCUT2D eigenvalue weighted by Gasteiger charge is 2.38. The maximum atomic E-state index is 5.55. The zero-order valence-corrected chi connectivity index (χ0v) is 17.2. The summed E-state index contributed by atoms with van der Waals surface area (Å²) in [6, 6.07) is 0. The van der Waals surface area contributed by atoms with Crippen molar-refractivity contribution in [2.24, 2.45) is 4.99 Å². The molecule has 0 radical (unpaired) electrons. The summed E-state index contributed by atoms with van der Waals surface area (Å²) in [7, 11) is 0. The lowest BCUT2D eigenvalue weighted by atomic mass is 9.80. The van der Waals surface area contributed by atoms with E-state index in [0.717, 1.165) is 58.3 Å². The smallest absolute Gasteiger partial charge is 0.191 e. The van der Waals surface area contributed by atoms with Crippen LogP contribution in [0.4, 0.5) is 0 Å². The van der Waals surface area contributed by atoms with Gasteiger partial charge in [0.15, 0.2) is 5.96 Å². The topological polar surface area (TPSA) is 48.9 Å². The Morgan fingerprint density at radius 1 is 1.09 bits per heavy atom. The molecular weight excluding hydrogens is 403 g/mol. The molecule has 0 aromatic heterocycles. The van der Waals surface area contributed by atoms with Crippen LogP contribution in [0.15, 0.2) is 4.99 Å². The average molecular weight is 438 g/mol. The van der Waals surface area contributed by atoms with E-state index < -0.39 is 0 Å². The second-order valence-corrected chi connectivity index (χ2v) is 6.51. The minimum Gasteiger partial charge on any atom is -0.379 e. The molecule has 23 heavy (non-hydrogen) atoms. The average Bonchev–Trinajstić information content (AvgIpc) is 2.59. The van der Waals surface area contributed by atoms with Gasteiger partial charge < -0.3 is 15.4 Å². The Kier molecular flexibility index (Phi) is 10.5. The summed E-state index contributed by atoms with van der Waals surface area (Å²) in [6.45, 7) is 11.0. The van der Waals surface area contributed by atoms with E-state index in [0.29, 0.717) is 0 Å². The number of ether oxygens (including phenoxy) is 1. The SMILES string of the molecule is CCCNC(=NCC1(N2CCOCC2)CCCCC1)NCC.I. The van der Waals surface area contributed by atoms with Crippen LogP contribution in [0.3, 0.4) is 0 Å². The van der Waals surface area contributed by atoms with Gasteiger partial charge in [-0.15, -0.1) is 24.0 Å². The van der Waals surface area contributed by atoms with Gasteiger partial charge in [-0.05, 0) is 26.2 Å². The van der Waals surface area contributed by atoms with Gasteiger partial charge in [0.05, 0.1) is 19.8 Å². The molecule has 0 atom stereocenters. The lowest BCUT2D eigenvalue weighted by Gasteiger charge is -2.47. The number of hydrogen-bond donors (Lipinski definition) is 2. The first-order chi connectivity index (χ1) is 10.8. The van der Waals surface area contributed by atoms with Crippen molar-refractivity contribution in [1.82, 2.24) is 15.5 Å². The van der Waals surface area contributed by atoms with Crippen LogP contribution in [0.2, 0.25) is 0 Å². The van der Waals surface area contributed by atoms with Crippen molar-refractivity contribution in [3.8, 4) is 0 Å². The van der Waals surface area contributed by atoms with Crippen molar-refractivity contribution in [3.05, 3.63) is 0 Å². The molecule has 0 aromatic rings. The van der Waals surface area contributed by atoms with Gasteiger partial charge in [0.25, 0.3) is 0 Å². The van der Waals surface area contributed by atoms with Gasteiger partial charge in [-0.2, -0.15) is 0 Å². The molecule has 1 aliphatic carbocycles. The van der Waals surface area contributed by atoms with E-state index in [2.05, 4.69) is 29.4 Å². The molecule has 2 N–H and O–H groups in total. The van der Waals surface area contributed by atoms with Crippen molar-refractivity contribution >= 4 is 29.9 Å². The van der Waals surface area contributed by atoms with Crippen LogP contribution < -0.4 is 10.6 Å². The van der Waals surface area contributed by atoms with E-state index in [9.17, 15) is 0 Å². The fourth-order valence-corrected chi connectivity index (χ4v) is 3.63. The molecule has 1 heterocycles. The molecule has 1 aliphatic heterocycles. The second kappa shape index (κ2) is 11.5. The number of guanidine groups is 1. The zero-order chi connectivity index (χ0) is 15.7. The minimum absolute atomic E-state index is 0. The van der Waals surface area contributed by atoms with E-state index in [1.807, 2.05) is 0 Å². The summed E-state index contributed by atoms with van der Waals surface area (Å²) in [5.41, 5.74) is 0.261. The van der Waals surface area contributed by atoms with Gasteiger partial charge in [-0.1, -0.05) is 26.2 Å². The summed E-state index contributed by atoms with van der Waals surface area (Å²) in [5, 5.41) is 6.80. The standard InChI is InChI=1S/C17H34N4O.HI/c1-3-10-19-16(18-4-2)20-15-17(8-6-5-7-9-17)21-11-13-22-14-12-21;/h3-15H2,1-2H3,(H2,18,19,20);1H. The third kappa shape index (κ3) is 6.38. The van der Waals surface area contributed by atoms with Gasteiger partial charge in [-0.3, -0.25) is 9.89 Å². The van der Waals surface area contributed by atoms with Crippen molar-refractivity contribution in [2.75, 3.05) is 45.9 Å². The summed E-state index contributed by atoms with van der Waals surface area (Å²) >= 11 is 0. The van der Waals surface area contributed by atoms with Crippen LogP contribution in [0.1, 0.15) is 52.4 Å². The highest BCUT2D eigenvalue weighted by molar-refractivity contribution is 14.0. The number of aliphatic imine (C=N–C) groups is 1. The Labute approximate surface area is 159 Å². The first-order valence-corrected chi connectivity index (χ1v) is 9.16. The van der Waals surface area contributed by atoms with Crippen LogP contribution in [0.25, 0.3) is 0 Å². The molecular formula is C17H35IN4O. The molecule has 2 aliphatic rings. The first kappa shape index (κ1) is 21.0. The minimum atomic E-state index is 0. The summed E-state index contributed by atoms with van der Waals surface area (Å²) in [5.74, 6) is 0.975. The van der Waals surface area contributed by atoms with Gasteiger partial charge in [0.1, 0.15) is 0 Å². The quantitative estimate of drug-likeness (QED) is 0.380. The second-order valence-electron chi connectivity index (χ2n) is 6.51. The Morgan fingerprint density at radius 2 is 1.78 bits per heavy atom. The maximum Gasteiger partial charge on any atom is 0.191 e. The van der Waals surface area contributed by atoms with E-state index >= 15 is 0 Å². The molecule has 0 aromatic carbocycles. The summed E-state index contributed by atoms with van der Waals surface area (Å²) in [4.78, 5) is 7.59. The predicted molar refractivity (Wildman–Crippen MR) is 108 cm³/mol. The Bertz CT molecular complexity index is 339. The molecule has 136 valence electrons. The van der Waals surface area contributed by atoms with Gasteiger partial charge in [0, 0.05) is 31.7 Å². The zero-order valence-electron chi connectivity index (χ0n) is 14.9. The number of hydrogen-bond acceptors (Lipinski definition) is 3. The van der Waals surface area contributed by atoms with E-state index in [4.69, 9.17) is 9.73 Å². The molecule has 1 saturated carbocycles. The van der Waals surface area contributed by atoms with Crippen LogP contribution in [-0.4, -0.2) is 62.3 Å². The molecule has 1 saturated heterocycles. The van der Waals surface area contributed by atoms with Gasteiger partial charge >= 0.3 is 0 Å². The number of rotatable bonds is 6. The van der Waals surface area contributed by atoms with Crippen molar-refractivity contribution in [3.63, 3.8) is 0 Å². The van der Waals surface area contributed by atoms with Crippen LogP contribution in [-0.2, 0) is 4.74 Å². The fraction of sp³-hybridized carbons (Fsp3) is 0.941. The van der Waals surface area contributed by atoms with E-state index in [1.54, 1.807) is 0 Å². The van der Waals surface area contributed by atoms with Crippen LogP contribution in [0.5, 0.6) is 0 Å². The van der Waals surface area contributed by atoms with Crippen molar-refractivity contribution in [2.45, 2.75) is 57.9 Å². The van der Waals surface area contributed by atoms with Crippen LogP contribution in [0, 0.1) is 0 Å². The van der Waals surface area contributed by atoms with Crippen molar-refractivity contribution in [1.29, 1.82) is 0 Å². The predicted octanol–water partition coefficient (Wildman–Crippen LogP) is 2.60. The third-order valence-corrected chi connectivity index (χ3v) is 4.88. The van der Waals surface area contributed by atoms with E-state index in [-0.39, 0.29) is 29.5 Å². The molecule has 5 nitrogen and oxygen atoms in total. The highest BCUT2D eigenvalue weighted by Crippen LogP contribution is 2.34. The number of halogens is 1.